The summed E-state index contributed by atoms with van der Waals surface area (Å²) in [5.74, 6) is -2.33. The lowest BCUT2D eigenvalue weighted by Gasteiger charge is -2.25. The zero-order valence-electron chi connectivity index (χ0n) is 15.7. The maximum absolute atomic E-state index is 12.4. The van der Waals surface area contributed by atoms with Crippen LogP contribution in [0.4, 0.5) is 5.69 Å². The van der Waals surface area contributed by atoms with E-state index >= 15 is 0 Å². The molecule has 2 aromatic rings. The summed E-state index contributed by atoms with van der Waals surface area (Å²) in [6, 6.07) is 12.3. The highest BCUT2D eigenvalue weighted by Gasteiger charge is 2.32. The SMILES string of the molecule is Cc1ccc(NC(=O)COC(=O)CN2C(=O)Cc3ccccc3C2=O)c(C)c1. The number of fused-ring (bicyclic) bond motifs is 1. The molecule has 3 amide bonds. The summed E-state index contributed by atoms with van der Waals surface area (Å²) in [6.07, 6.45) is 0.0440. The van der Waals surface area contributed by atoms with Crippen molar-refractivity contribution in [1.82, 2.24) is 4.90 Å². The number of esters is 1. The van der Waals surface area contributed by atoms with Gasteiger partial charge in [-0.3, -0.25) is 24.1 Å². The molecule has 7 nitrogen and oxygen atoms in total. The van der Waals surface area contributed by atoms with Gasteiger partial charge in [0.25, 0.3) is 11.8 Å². The number of nitrogens with one attached hydrogen (secondary N) is 1. The standard InChI is InChI=1S/C21H20N2O5/c1-13-7-8-17(14(2)9-13)22-18(24)12-28-20(26)11-23-19(25)10-15-5-3-4-6-16(15)21(23)27/h3-9H,10-12H2,1-2H3,(H,22,24). The van der Waals surface area contributed by atoms with Crippen LogP contribution in [0.5, 0.6) is 0 Å². The summed E-state index contributed by atoms with van der Waals surface area (Å²) in [7, 11) is 0. The number of rotatable bonds is 5. The second-order valence-electron chi connectivity index (χ2n) is 6.65. The van der Waals surface area contributed by atoms with E-state index in [1.165, 1.54) is 0 Å². The lowest BCUT2D eigenvalue weighted by Crippen LogP contribution is -2.45. The van der Waals surface area contributed by atoms with E-state index < -0.39 is 36.8 Å². The van der Waals surface area contributed by atoms with Crippen LogP contribution in [0.1, 0.15) is 27.0 Å². The molecule has 0 radical (unpaired) electrons. The highest BCUT2D eigenvalue weighted by molar-refractivity contribution is 6.11. The summed E-state index contributed by atoms with van der Waals surface area (Å²) in [4.78, 5) is 49.5. The number of imide groups is 1. The van der Waals surface area contributed by atoms with Crippen LogP contribution in [-0.2, 0) is 25.5 Å². The third-order valence-corrected chi connectivity index (χ3v) is 4.44. The Balaban J connectivity index is 1.55. The van der Waals surface area contributed by atoms with E-state index in [0.717, 1.165) is 16.0 Å². The van der Waals surface area contributed by atoms with Crippen molar-refractivity contribution in [3.63, 3.8) is 0 Å². The molecule has 28 heavy (non-hydrogen) atoms. The molecule has 0 aliphatic carbocycles. The van der Waals surface area contributed by atoms with Crippen LogP contribution in [0, 0.1) is 13.8 Å². The van der Waals surface area contributed by atoms with Crippen molar-refractivity contribution in [2.45, 2.75) is 20.3 Å². The number of hydrogen-bond acceptors (Lipinski definition) is 5. The van der Waals surface area contributed by atoms with Crippen molar-refractivity contribution in [3.8, 4) is 0 Å². The fraction of sp³-hybridized carbons (Fsp3) is 0.238. The minimum absolute atomic E-state index is 0.0440. The van der Waals surface area contributed by atoms with Gasteiger partial charge in [0.2, 0.25) is 5.91 Å². The molecule has 144 valence electrons. The first-order chi connectivity index (χ1) is 13.3. The average Bonchev–Trinajstić information content (AvgIpc) is 2.66. The molecule has 3 rings (SSSR count). The van der Waals surface area contributed by atoms with Crippen LogP contribution in [0.3, 0.4) is 0 Å². The summed E-state index contributed by atoms with van der Waals surface area (Å²) in [5.41, 5.74) is 3.62. The number of anilines is 1. The number of benzene rings is 2. The number of carbonyl (C=O) groups excluding carboxylic acids is 4. The molecule has 0 fully saturated rings. The molecule has 1 N–H and O–H groups in total. The summed E-state index contributed by atoms with van der Waals surface area (Å²) in [6.45, 7) is 2.78. The normalized spacial score (nSPS) is 13.1. The highest BCUT2D eigenvalue weighted by Crippen LogP contribution is 2.19. The summed E-state index contributed by atoms with van der Waals surface area (Å²) in [5, 5.41) is 2.66. The average molecular weight is 380 g/mol. The van der Waals surface area contributed by atoms with Gasteiger partial charge in [-0.25, -0.2) is 0 Å². The van der Waals surface area contributed by atoms with Crippen LogP contribution in [-0.4, -0.2) is 41.7 Å². The van der Waals surface area contributed by atoms with Crippen molar-refractivity contribution in [3.05, 3.63) is 64.7 Å². The molecule has 0 saturated heterocycles. The molecule has 0 bridgehead atoms. The van der Waals surface area contributed by atoms with Crippen LogP contribution in [0.2, 0.25) is 0 Å². The van der Waals surface area contributed by atoms with Gasteiger partial charge >= 0.3 is 5.97 Å². The lowest BCUT2D eigenvalue weighted by molar-refractivity contribution is -0.150. The molecule has 1 heterocycles. The predicted molar refractivity (Wildman–Crippen MR) is 102 cm³/mol. The summed E-state index contributed by atoms with van der Waals surface area (Å²) >= 11 is 0. The van der Waals surface area contributed by atoms with Crippen molar-refractivity contribution in [1.29, 1.82) is 0 Å². The zero-order chi connectivity index (χ0) is 20.3. The van der Waals surface area contributed by atoms with E-state index in [9.17, 15) is 19.2 Å². The predicted octanol–water partition coefficient (Wildman–Crippen LogP) is 2.01. The number of amides is 3. The number of carbonyl (C=O) groups is 4. The van der Waals surface area contributed by atoms with Gasteiger partial charge in [-0.2, -0.15) is 0 Å². The highest BCUT2D eigenvalue weighted by atomic mass is 16.5. The van der Waals surface area contributed by atoms with Crippen LogP contribution in [0.25, 0.3) is 0 Å². The van der Waals surface area contributed by atoms with Gasteiger partial charge in [0.15, 0.2) is 6.61 Å². The van der Waals surface area contributed by atoms with Gasteiger partial charge in [0.1, 0.15) is 6.54 Å². The fourth-order valence-corrected chi connectivity index (χ4v) is 3.02. The van der Waals surface area contributed by atoms with Crippen molar-refractivity contribution in [2.24, 2.45) is 0 Å². The Hall–Kier alpha value is -3.48. The minimum atomic E-state index is -0.822. The third kappa shape index (κ3) is 4.25. The van der Waals surface area contributed by atoms with E-state index in [2.05, 4.69) is 5.32 Å². The largest absolute Gasteiger partial charge is 0.454 e. The van der Waals surface area contributed by atoms with E-state index in [-0.39, 0.29) is 6.42 Å². The Kier molecular flexibility index (Phi) is 5.54. The quantitative estimate of drug-likeness (QED) is 0.633. The zero-order valence-corrected chi connectivity index (χ0v) is 15.7. The molecule has 7 heteroatoms. The number of ether oxygens (including phenoxy) is 1. The second kappa shape index (κ2) is 8.04. The Labute approximate surface area is 162 Å². The van der Waals surface area contributed by atoms with Gasteiger partial charge in [-0.1, -0.05) is 35.9 Å². The molecule has 1 aliphatic rings. The van der Waals surface area contributed by atoms with Crippen molar-refractivity contribution < 1.29 is 23.9 Å². The van der Waals surface area contributed by atoms with E-state index in [1.807, 2.05) is 26.0 Å². The Morgan fingerprint density at radius 1 is 1.11 bits per heavy atom. The second-order valence-corrected chi connectivity index (χ2v) is 6.65. The van der Waals surface area contributed by atoms with Crippen LogP contribution < -0.4 is 5.32 Å². The minimum Gasteiger partial charge on any atom is -0.454 e. The van der Waals surface area contributed by atoms with E-state index in [0.29, 0.717) is 16.8 Å². The van der Waals surface area contributed by atoms with Gasteiger partial charge in [-0.05, 0) is 37.1 Å². The maximum atomic E-state index is 12.4. The first-order valence-electron chi connectivity index (χ1n) is 8.80. The smallest absolute Gasteiger partial charge is 0.326 e. The van der Waals surface area contributed by atoms with E-state index in [1.54, 1.807) is 30.3 Å². The van der Waals surface area contributed by atoms with Gasteiger partial charge < -0.3 is 10.1 Å². The first kappa shape index (κ1) is 19.3. The molecule has 0 aromatic heterocycles. The van der Waals surface area contributed by atoms with Gasteiger partial charge in [0, 0.05) is 11.3 Å². The lowest BCUT2D eigenvalue weighted by atomic mass is 9.98. The third-order valence-electron chi connectivity index (χ3n) is 4.44. The van der Waals surface area contributed by atoms with Crippen molar-refractivity contribution in [2.75, 3.05) is 18.5 Å². The molecular weight excluding hydrogens is 360 g/mol. The van der Waals surface area contributed by atoms with Crippen LogP contribution >= 0.6 is 0 Å². The molecule has 0 saturated carbocycles. The monoisotopic (exact) mass is 380 g/mol. The molecule has 0 atom stereocenters. The molecule has 1 aliphatic heterocycles. The molecule has 2 aromatic carbocycles. The van der Waals surface area contributed by atoms with Gasteiger partial charge in [0.05, 0.1) is 6.42 Å². The molecule has 0 unspecified atom stereocenters. The Bertz CT molecular complexity index is 967. The van der Waals surface area contributed by atoms with Gasteiger partial charge in [-0.15, -0.1) is 0 Å². The first-order valence-corrected chi connectivity index (χ1v) is 8.80. The number of aryl methyl sites for hydroxylation is 2. The number of hydrogen-bond donors (Lipinski definition) is 1. The topological polar surface area (TPSA) is 92.8 Å². The maximum Gasteiger partial charge on any atom is 0.326 e. The molecular formula is C21H20N2O5. The Morgan fingerprint density at radius 2 is 1.86 bits per heavy atom. The van der Waals surface area contributed by atoms with Crippen LogP contribution in [0.15, 0.2) is 42.5 Å². The van der Waals surface area contributed by atoms with Crippen molar-refractivity contribution >= 4 is 29.4 Å². The fourth-order valence-electron chi connectivity index (χ4n) is 3.02. The molecule has 0 spiro atoms. The Morgan fingerprint density at radius 3 is 2.61 bits per heavy atom. The summed E-state index contributed by atoms with van der Waals surface area (Å²) < 4.78 is 4.93. The van der Waals surface area contributed by atoms with E-state index in [4.69, 9.17) is 4.74 Å². The number of nitrogens with zero attached hydrogens (tertiary/aromatic N) is 1.